The molecule has 0 saturated heterocycles. The van der Waals surface area contributed by atoms with E-state index in [1.807, 2.05) is 79.7 Å². The number of nitrogens with one attached hydrogen (secondary N) is 1. The van der Waals surface area contributed by atoms with Crippen LogP contribution in [0.3, 0.4) is 0 Å². The van der Waals surface area contributed by atoms with Gasteiger partial charge in [-0.3, -0.25) is 9.59 Å². The van der Waals surface area contributed by atoms with Crippen LogP contribution in [0.1, 0.15) is 54.0 Å². The van der Waals surface area contributed by atoms with Crippen molar-refractivity contribution in [1.29, 1.82) is 0 Å². The fourth-order valence-electron chi connectivity index (χ4n) is 4.11. The van der Waals surface area contributed by atoms with Crippen molar-refractivity contribution < 1.29 is 19.4 Å². The predicted octanol–water partition coefficient (Wildman–Crippen LogP) is 5.89. The Balaban J connectivity index is 1.57. The van der Waals surface area contributed by atoms with E-state index in [9.17, 15) is 14.7 Å². The maximum absolute atomic E-state index is 12.9. The fourth-order valence-corrected chi connectivity index (χ4v) is 4.11. The molecule has 1 aliphatic carbocycles. The van der Waals surface area contributed by atoms with E-state index in [-0.39, 0.29) is 30.3 Å². The molecule has 5 heteroatoms. The Bertz CT molecular complexity index is 1120. The molecule has 0 heterocycles. The van der Waals surface area contributed by atoms with E-state index < -0.39 is 5.97 Å². The molecule has 0 spiro atoms. The lowest BCUT2D eigenvalue weighted by Crippen LogP contribution is -2.16. The molecule has 3 atom stereocenters. The summed E-state index contributed by atoms with van der Waals surface area (Å²) in [4.78, 5) is 24.2. The largest absolute Gasteiger partial charge is 0.484 e. The molecule has 1 fully saturated rings. The van der Waals surface area contributed by atoms with Crippen molar-refractivity contribution >= 4 is 17.6 Å². The number of aliphatic carboxylic acids is 1. The quantitative estimate of drug-likeness (QED) is 0.432. The van der Waals surface area contributed by atoms with Crippen LogP contribution in [-0.4, -0.2) is 17.0 Å². The molecule has 3 aromatic carbocycles. The number of rotatable bonds is 9. The minimum atomic E-state index is -0.777. The van der Waals surface area contributed by atoms with E-state index in [4.69, 9.17) is 4.74 Å². The van der Waals surface area contributed by atoms with Crippen LogP contribution in [0.2, 0.25) is 0 Å². The molecule has 4 rings (SSSR count). The third-order valence-electron chi connectivity index (χ3n) is 6.11. The predicted molar refractivity (Wildman–Crippen MR) is 129 cm³/mol. The maximum atomic E-state index is 12.9. The Hall–Kier alpha value is -3.60. The second-order valence-electron chi connectivity index (χ2n) is 8.68. The summed E-state index contributed by atoms with van der Waals surface area (Å²) in [5, 5.41) is 12.3. The van der Waals surface area contributed by atoms with Gasteiger partial charge in [-0.05, 0) is 54.5 Å². The van der Waals surface area contributed by atoms with Crippen molar-refractivity contribution in [2.24, 2.45) is 5.92 Å². The van der Waals surface area contributed by atoms with Crippen molar-refractivity contribution in [2.45, 2.75) is 45.1 Å². The first-order valence-corrected chi connectivity index (χ1v) is 11.4. The highest BCUT2D eigenvalue weighted by molar-refractivity contribution is 5.94. The Morgan fingerprint density at radius 3 is 2.42 bits per heavy atom. The van der Waals surface area contributed by atoms with Crippen molar-refractivity contribution in [1.82, 2.24) is 0 Å². The zero-order chi connectivity index (χ0) is 23.4. The first-order chi connectivity index (χ1) is 15.9. The second kappa shape index (κ2) is 9.90. The van der Waals surface area contributed by atoms with Gasteiger partial charge in [0.2, 0.25) is 5.91 Å². The Morgan fingerprint density at radius 1 is 1.06 bits per heavy atom. The number of amides is 1. The highest BCUT2D eigenvalue weighted by Gasteiger charge is 2.44. The van der Waals surface area contributed by atoms with Crippen LogP contribution in [0.25, 0.3) is 0 Å². The Kier molecular flexibility index (Phi) is 6.78. The van der Waals surface area contributed by atoms with Gasteiger partial charge in [0, 0.05) is 0 Å². The lowest BCUT2D eigenvalue weighted by molar-refractivity contribution is -0.138. The first kappa shape index (κ1) is 22.6. The lowest BCUT2D eigenvalue weighted by Gasteiger charge is -2.21. The van der Waals surface area contributed by atoms with E-state index in [0.29, 0.717) is 17.9 Å². The highest BCUT2D eigenvalue weighted by atomic mass is 16.5. The molecule has 2 N–H and O–H groups in total. The zero-order valence-corrected chi connectivity index (χ0v) is 19.0. The summed E-state index contributed by atoms with van der Waals surface area (Å²) < 4.78 is 6.35. The fraction of sp³-hybridized carbons (Fsp3) is 0.286. The number of ether oxygens (including phenoxy) is 1. The molecule has 1 amide bonds. The van der Waals surface area contributed by atoms with Gasteiger partial charge in [-0.15, -0.1) is 0 Å². The first-order valence-electron chi connectivity index (χ1n) is 11.4. The van der Waals surface area contributed by atoms with Gasteiger partial charge in [0.1, 0.15) is 11.9 Å². The second-order valence-corrected chi connectivity index (χ2v) is 8.68. The number of benzene rings is 3. The van der Waals surface area contributed by atoms with Crippen molar-refractivity contribution in [3.63, 3.8) is 0 Å². The minimum Gasteiger partial charge on any atom is -0.484 e. The standard InChI is InChI=1S/C28H29NO4/c1-3-25(20-7-5-4-6-8-20)33-26-14-13-21(22-17-23(22)28(31)32)16-24(26)29-27(30)15-19-11-9-18(2)10-12-19/h4-14,16,22-23,25H,3,15,17H2,1-2H3,(H,29,30)(H,31,32)/t22-,23-,25-/m1/s1. The molecule has 1 aliphatic rings. The minimum absolute atomic E-state index is 0.0274. The van der Waals surface area contributed by atoms with Gasteiger partial charge < -0.3 is 15.2 Å². The molecule has 0 radical (unpaired) electrons. The van der Waals surface area contributed by atoms with Crippen LogP contribution < -0.4 is 10.1 Å². The van der Waals surface area contributed by atoms with Crippen molar-refractivity contribution in [2.75, 3.05) is 5.32 Å². The molecule has 0 aliphatic heterocycles. The van der Waals surface area contributed by atoms with Gasteiger partial charge >= 0.3 is 5.97 Å². The number of aryl methyl sites for hydroxylation is 1. The molecule has 33 heavy (non-hydrogen) atoms. The summed E-state index contributed by atoms with van der Waals surface area (Å²) in [7, 11) is 0. The van der Waals surface area contributed by atoms with Crippen LogP contribution in [0.5, 0.6) is 5.75 Å². The molecule has 5 nitrogen and oxygen atoms in total. The average molecular weight is 444 g/mol. The van der Waals surface area contributed by atoms with Crippen molar-refractivity contribution in [3.8, 4) is 5.75 Å². The van der Waals surface area contributed by atoms with Gasteiger partial charge in [-0.2, -0.15) is 0 Å². The number of anilines is 1. The average Bonchev–Trinajstić information content (AvgIpc) is 3.62. The number of hydrogen-bond donors (Lipinski definition) is 2. The normalized spacial score (nSPS) is 17.8. The molecule has 3 aromatic rings. The topological polar surface area (TPSA) is 75.6 Å². The van der Waals surface area contributed by atoms with Gasteiger partial charge in [0.15, 0.2) is 0 Å². The zero-order valence-electron chi connectivity index (χ0n) is 19.0. The number of carboxylic acid groups (broad SMARTS) is 1. The Morgan fingerprint density at radius 2 is 1.79 bits per heavy atom. The van der Waals surface area contributed by atoms with E-state index in [1.165, 1.54) is 0 Å². The third kappa shape index (κ3) is 5.61. The lowest BCUT2D eigenvalue weighted by atomic mass is 10.1. The smallest absolute Gasteiger partial charge is 0.307 e. The molecule has 0 unspecified atom stereocenters. The van der Waals surface area contributed by atoms with E-state index in [0.717, 1.165) is 28.7 Å². The number of carbonyl (C=O) groups is 2. The summed E-state index contributed by atoms with van der Waals surface area (Å²) in [6, 6.07) is 23.5. The van der Waals surface area contributed by atoms with Gasteiger partial charge in [0.25, 0.3) is 0 Å². The molecule has 1 saturated carbocycles. The van der Waals surface area contributed by atoms with Gasteiger partial charge in [-0.1, -0.05) is 73.2 Å². The number of carbonyl (C=O) groups excluding carboxylic acids is 1. The SMILES string of the molecule is CC[C@@H](Oc1ccc([C@H]2C[C@H]2C(=O)O)cc1NC(=O)Cc1ccc(C)cc1)c1ccccc1. The molecule has 0 aromatic heterocycles. The molecular weight excluding hydrogens is 414 g/mol. The van der Waals surface area contributed by atoms with Crippen molar-refractivity contribution in [3.05, 3.63) is 95.1 Å². The number of carboxylic acids is 1. The van der Waals surface area contributed by atoms with Gasteiger partial charge in [0.05, 0.1) is 18.0 Å². The summed E-state index contributed by atoms with van der Waals surface area (Å²) in [5.74, 6) is -0.722. The summed E-state index contributed by atoms with van der Waals surface area (Å²) >= 11 is 0. The monoisotopic (exact) mass is 443 g/mol. The van der Waals surface area contributed by atoms with Crippen LogP contribution in [0, 0.1) is 12.8 Å². The summed E-state index contributed by atoms with van der Waals surface area (Å²) in [6.07, 6.45) is 1.48. The summed E-state index contributed by atoms with van der Waals surface area (Å²) in [6.45, 7) is 4.07. The van der Waals surface area contributed by atoms with Crippen LogP contribution in [0.4, 0.5) is 5.69 Å². The van der Waals surface area contributed by atoms with E-state index >= 15 is 0 Å². The molecular formula is C28H29NO4. The molecule has 170 valence electrons. The summed E-state index contributed by atoms with van der Waals surface area (Å²) in [5.41, 5.74) is 4.63. The number of hydrogen-bond acceptors (Lipinski definition) is 3. The van der Waals surface area contributed by atoms with Crippen LogP contribution in [-0.2, 0) is 16.0 Å². The van der Waals surface area contributed by atoms with Gasteiger partial charge in [-0.25, -0.2) is 0 Å². The third-order valence-corrected chi connectivity index (χ3v) is 6.11. The van der Waals surface area contributed by atoms with E-state index in [2.05, 4.69) is 12.2 Å². The van der Waals surface area contributed by atoms with E-state index in [1.54, 1.807) is 0 Å². The van der Waals surface area contributed by atoms with Crippen LogP contribution in [0.15, 0.2) is 72.8 Å². The van der Waals surface area contributed by atoms with Crippen LogP contribution >= 0.6 is 0 Å². The maximum Gasteiger partial charge on any atom is 0.307 e. The highest BCUT2D eigenvalue weighted by Crippen LogP contribution is 2.49. The molecule has 0 bridgehead atoms. The Labute approximate surface area is 194 Å².